The average molecular weight is 267 g/mol. The van der Waals surface area contributed by atoms with Crippen molar-refractivity contribution in [2.24, 2.45) is 0 Å². The Bertz CT molecular complexity index is 472. The van der Waals surface area contributed by atoms with E-state index >= 15 is 0 Å². The second kappa shape index (κ2) is 4.88. The minimum atomic E-state index is -0.372. The molecule has 18 heavy (non-hydrogen) atoms. The third-order valence-corrected chi connectivity index (χ3v) is 3.65. The highest BCUT2D eigenvalue weighted by Gasteiger charge is 2.31. The van der Waals surface area contributed by atoms with Crippen LogP contribution in [0, 0.1) is 0 Å². The molecular formula is C13H15ClN2O2. The Balaban J connectivity index is 1.82. The number of morpholine rings is 1. The smallest absolute Gasteiger partial charge is 0.257 e. The van der Waals surface area contributed by atoms with Crippen LogP contribution in [0.2, 0.25) is 5.02 Å². The molecule has 1 N–H and O–H groups in total. The summed E-state index contributed by atoms with van der Waals surface area (Å²) < 4.78 is 5.51. The molecule has 2 aliphatic rings. The first-order chi connectivity index (χ1) is 8.75. The quantitative estimate of drug-likeness (QED) is 0.831. The number of carbonyl (C=O) groups is 1. The molecule has 0 saturated carbocycles. The summed E-state index contributed by atoms with van der Waals surface area (Å²) in [5.74, 6) is 0.0308. The van der Waals surface area contributed by atoms with Crippen LogP contribution in [0.3, 0.4) is 0 Å². The molecule has 0 aliphatic carbocycles. The van der Waals surface area contributed by atoms with E-state index in [1.165, 1.54) is 5.56 Å². The normalized spacial score (nSPS) is 22.9. The number of anilines is 1. The lowest BCUT2D eigenvalue weighted by Crippen LogP contribution is -2.49. The van der Waals surface area contributed by atoms with E-state index in [2.05, 4.69) is 5.32 Å². The highest BCUT2D eigenvalue weighted by molar-refractivity contribution is 6.31. The van der Waals surface area contributed by atoms with E-state index in [0.717, 1.165) is 18.7 Å². The molecule has 0 bridgehead atoms. The van der Waals surface area contributed by atoms with Gasteiger partial charge in [0.05, 0.1) is 6.61 Å². The topological polar surface area (TPSA) is 41.6 Å². The van der Waals surface area contributed by atoms with Crippen molar-refractivity contribution in [3.8, 4) is 0 Å². The molecule has 1 aromatic carbocycles. The van der Waals surface area contributed by atoms with E-state index in [1.807, 2.05) is 18.2 Å². The molecule has 96 valence electrons. The van der Waals surface area contributed by atoms with Crippen LogP contribution < -0.4 is 10.2 Å². The van der Waals surface area contributed by atoms with Crippen molar-refractivity contribution in [3.63, 3.8) is 0 Å². The van der Waals surface area contributed by atoms with Crippen molar-refractivity contribution in [2.75, 3.05) is 31.1 Å². The summed E-state index contributed by atoms with van der Waals surface area (Å²) in [6.45, 7) is 2.71. The molecule has 2 aliphatic heterocycles. The number of nitrogens with zero attached hydrogens (tertiary/aromatic N) is 1. The fourth-order valence-electron chi connectivity index (χ4n) is 2.48. The van der Waals surface area contributed by atoms with Gasteiger partial charge in [0.15, 0.2) is 0 Å². The van der Waals surface area contributed by atoms with Crippen molar-refractivity contribution >= 4 is 23.2 Å². The van der Waals surface area contributed by atoms with Gasteiger partial charge in [-0.25, -0.2) is 0 Å². The van der Waals surface area contributed by atoms with Crippen LogP contribution >= 0.6 is 11.6 Å². The number of ether oxygens (including phenoxy) is 1. The first kappa shape index (κ1) is 12.0. The van der Waals surface area contributed by atoms with Gasteiger partial charge in [-0.15, -0.1) is 0 Å². The monoisotopic (exact) mass is 266 g/mol. The van der Waals surface area contributed by atoms with Gasteiger partial charge >= 0.3 is 0 Å². The Morgan fingerprint density at radius 2 is 2.39 bits per heavy atom. The SMILES string of the molecule is O=C(C1CNCCO1)N1CCc2ccc(Cl)cc21. The first-order valence-corrected chi connectivity index (χ1v) is 6.55. The number of rotatable bonds is 1. The van der Waals surface area contributed by atoms with Gasteiger partial charge in [0.2, 0.25) is 0 Å². The second-order valence-corrected chi connectivity index (χ2v) is 5.01. The Hall–Kier alpha value is -1.10. The van der Waals surface area contributed by atoms with Gasteiger partial charge < -0.3 is 15.0 Å². The van der Waals surface area contributed by atoms with Crippen LogP contribution in [0.5, 0.6) is 0 Å². The van der Waals surface area contributed by atoms with Crippen LogP contribution in [0.15, 0.2) is 18.2 Å². The molecule has 5 heteroatoms. The summed E-state index contributed by atoms with van der Waals surface area (Å²) in [7, 11) is 0. The number of nitrogens with one attached hydrogen (secondary N) is 1. The number of hydrogen-bond acceptors (Lipinski definition) is 3. The first-order valence-electron chi connectivity index (χ1n) is 6.18. The molecule has 1 aromatic rings. The van der Waals surface area contributed by atoms with Gasteiger partial charge in [-0.3, -0.25) is 4.79 Å². The van der Waals surface area contributed by atoms with Crippen molar-refractivity contribution in [2.45, 2.75) is 12.5 Å². The molecule has 2 heterocycles. The Morgan fingerprint density at radius 3 is 3.17 bits per heavy atom. The lowest BCUT2D eigenvalue weighted by molar-refractivity contribution is -0.131. The number of carbonyl (C=O) groups excluding carboxylic acids is 1. The van der Waals surface area contributed by atoms with Crippen molar-refractivity contribution < 1.29 is 9.53 Å². The molecule has 1 saturated heterocycles. The van der Waals surface area contributed by atoms with Crippen molar-refractivity contribution in [3.05, 3.63) is 28.8 Å². The predicted octanol–water partition coefficient (Wildman–Crippen LogP) is 1.22. The minimum Gasteiger partial charge on any atom is -0.366 e. The zero-order valence-corrected chi connectivity index (χ0v) is 10.7. The predicted molar refractivity (Wildman–Crippen MR) is 70.1 cm³/mol. The summed E-state index contributed by atoms with van der Waals surface area (Å²) in [6, 6.07) is 5.72. The standard InChI is InChI=1S/C13H15ClN2O2/c14-10-2-1-9-3-5-16(11(9)7-10)13(17)12-8-15-4-6-18-12/h1-2,7,12,15H,3-6,8H2. The summed E-state index contributed by atoms with van der Waals surface area (Å²) >= 11 is 6.00. The van der Waals surface area contributed by atoms with Gasteiger partial charge in [0, 0.05) is 30.3 Å². The van der Waals surface area contributed by atoms with E-state index < -0.39 is 0 Å². The van der Waals surface area contributed by atoms with Gasteiger partial charge in [-0.1, -0.05) is 17.7 Å². The Kier molecular flexibility index (Phi) is 3.24. The van der Waals surface area contributed by atoms with Crippen LogP contribution in [0.1, 0.15) is 5.56 Å². The molecular weight excluding hydrogens is 252 g/mol. The molecule has 0 radical (unpaired) electrons. The van der Waals surface area contributed by atoms with Crippen LogP contribution in [0.4, 0.5) is 5.69 Å². The lowest BCUT2D eigenvalue weighted by atomic mass is 10.2. The molecule has 1 atom stereocenters. The molecule has 0 spiro atoms. The fraction of sp³-hybridized carbons (Fsp3) is 0.462. The van der Waals surface area contributed by atoms with Gasteiger partial charge in [-0.2, -0.15) is 0 Å². The Labute approximate surface area is 111 Å². The summed E-state index contributed by atoms with van der Waals surface area (Å²) in [5.41, 5.74) is 2.11. The molecule has 1 fully saturated rings. The maximum atomic E-state index is 12.4. The van der Waals surface area contributed by atoms with Gasteiger partial charge in [-0.05, 0) is 24.1 Å². The van der Waals surface area contributed by atoms with E-state index in [0.29, 0.717) is 24.7 Å². The molecule has 1 unspecified atom stereocenters. The zero-order chi connectivity index (χ0) is 12.5. The largest absolute Gasteiger partial charge is 0.366 e. The molecule has 3 rings (SSSR count). The molecule has 1 amide bonds. The number of amides is 1. The van der Waals surface area contributed by atoms with Crippen molar-refractivity contribution in [1.82, 2.24) is 5.32 Å². The van der Waals surface area contributed by atoms with Crippen LogP contribution in [-0.2, 0) is 16.0 Å². The van der Waals surface area contributed by atoms with Gasteiger partial charge in [0.25, 0.3) is 5.91 Å². The summed E-state index contributed by atoms with van der Waals surface area (Å²) in [4.78, 5) is 14.2. The third-order valence-electron chi connectivity index (χ3n) is 3.41. The summed E-state index contributed by atoms with van der Waals surface area (Å²) in [6.07, 6.45) is 0.516. The highest BCUT2D eigenvalue weighted by Crippen LogP contribution is 2.31. The van der Waals surface area contributed by atoms with Crippen molar-refractivity contribution in [1.29, 1.82) is 0 Å². The maximum absolute atomic E-state index is 12.4. The fourth-order valence-corrected chi connectivity index (χ4v) is 2.65. The maximum Gasteiger partial charge on any atom is 0.257 e. The van der Waals surface area contributed by atoms with Crippen LogP contribution in [0.25, 0.3) is 0 Å². The minimum absolute atomic E-state index is 0.0308. The second-order valence-electron chi connectivity index (χ2n) is 4.58. The number of benzene rings is 1. The van der Waals surface area contributed by atoms with E-state index in [4.69, 9.17) is 16.3 Å². The zero-order valence-electron chi connectivity index (χ0n) is 9.99. The van der Waals surface area contributed by atoms with E-state index in [9.17, 15) is 4.79 Å². The number of halogens is 1. The summed E-state index contributed by atoms with van der Waals surface area (Å²) in [5, 5.41) is 3.84. The number of fused-ring (bicyclic) bond motifs is 1. The van der Waals surface area contributed by atoms with E-state index in [-0.39, 0.29) is 12.0 Å². The average Bonchev–Trinajstić information content (AvgIpc) is 2.82. The number of hydrogen-bond donors (Lipinski definition) is 1. The van der Waals surface area contributed by atoms with Gasteiger partial charge in [0.1, 0.15) is 6.10 Å². The third kappa shape index (κ3) is 2.11. The highest BCUT2D eigenvalue weighted by atomic mass is 35.5. The molecule has 0 aromatic heterocycles. The molecule has 4 nitrogen and oxygen atoms in total. The van der Waals surface area contributed by atoms with E-state index in [1.54, 1.807) is 4.90 Å². The lowest BCUT2D eigenvalue weighted by Gasteiger charge is -2.27. The Morgan fingerprint density at radius 1 is 1.50 bits per heavy atom. The van der Waals surface area contributed by atoms with Crippen LogP contribution in [-0.4, -0.2) is 38.3 Å².